The van der Waals surface area contributed by atoms with Gasteiger partial charge in [0.15, 0.2) is 4.21 Å². The predicted octanol–water partition coefficient (Wildman–Crippen LogP) is 3.57. The van der Waals surface area contributed by atoms with E-state index in [0.29, 0.717) is 35.6 Å². The maximum absolute atomic E-state index is 13.2. The molecule has 2 heterocycles. The number of thiophene rings is 1. The Balaban J connectivity index is 2.00. The van der Waals surface area contributed by atoms with Gasteiger partial charge in [0.2, 0.25) is 5.91 Å². The third kappa shape index (κ3) is 4.37. The van der Waals surface area contributed by atoms with E-state index in [2.05, 4.69) is 4.72 Å². The zero-order valence-corrected chi connectivity index (χ0v) is 19.2. The summed E-state index contributed by atoms with van der Waals surface area (Å²) in [5.74, 6) is -0.741. The van der Waals surface area contributed by atoms with E-state index in [4.69, 9.17) is 4.74 Å². The molecule has 1 N–H and O–H groups in total. The molecular weight excluding hydrogens is 424 g/mol. The zero-order valence-electron chi connectivity index (χ0n) is 17.5. The number of fused-ring (bicyclic) bond motifs is 1. The molecule has 30 heavy (non-hydrogen) atoms. The molecule has 2 aromatic rings. The molecule has 0 saturated heterocycles. The second kappa shape index (κ2) is 8.77. The van der Waals surface area contributed by atoms with Crippen molar-refractivity contribution in [3.63, 3.8) is 0 Å². The van der Waals surface area contributed by atoms with E-state index in [9.17, 15) is 18.0 Å². The summed E-state index contributed by atoms with van der Waals surface area (Å²) in [6.45, 7) is 6.45. The smallest absolute Gasteiger partial charge is 0.340 e. The number of nitrogens with one attached hydrogen (secondary N) is 1. The van der Waals surface area contributed by atoms with Crippen LogP contribution in [0.15, 0.2) is 28.5 Å². The summed E-state index contributed by atoms with van der Waals surface area (Å²) in [6.07, 6.45) is 1.15. The molecule has 0 bridgehead atoms. The Kier molecular flexibility index (Phi) is 6.52. The number of hydrogen-bond donors (Lipinski definition) is 1. The maximum atomic E-state index is 13.2. The van der Waals surface area contributed by atoms with E-state index in [1.165, 1.54) is 7.11 Å². The number of hydrogen-bond acceptors (Lipinski definition) is 6. The monoisotopic (exact) mass is 450 g/mol. The molecule has 1 atom stereocenters. The summed E-state index contributed by atoms with van der Waals surface area (Å²) >= 11 is 1.03. The molecule has 162 valence electrons. The van der Waals surface area contributed by atoms with Crippen LogP contribution in [0.25, 0.3) is 0 Å². The number of amides is 1. The van der Waals surface area contributed by atoms with Crippen molar-refractivity contribution in [1.29, 1.82) is 0 Å². The summed E-state index contributed by atoms with van der Waals surface area (Å²) in [5, 5.41) is 0. The standard InChI is InChI=1S/C21H26N2O5S2/c1-5-14(3)19(24)23-10-9-16-17(12-23)29-21(18(16)20(25)28-4)30(26,27)22-15-8-6-7-13(2)11-15/h6-8,11,14,22H,5,9-10,12H2,1-4H3. The van der Waals surface area contributed by atoms with E-state index in [-0.39, 0.29) is 21.6 Å². The molecule has 0 saturated carbocycles. The Morgan fingerprint density at radius 1 is 1.33 bits per heavy atom. The molecule has 0 fully saturated rings. The first-order valence-electron chi connectivity index (χ1n) is 9.79. The quantitative estimate of drug-likeness (QED) is 0.679. The predicted molar refractivity (Wildman–Crippen MR) is 116 cm³/mol. The van der Waals surface area contributed by atoms with Crippen LogP contribution in [-0.4, -0.2) is 38.8 Å². The largest absolute Gasteiger partial charge is 0.465 e. The van der Waals surface area contributed by atoms with Crippen LogP contribution >= 0.6 is 11.3 Å². The fraction of sp³-hybridized carbons (Fsp3) is 0.429. The Morgan fingerprint density at radius 3 is 2.70 bits per heavy atom. The summed E-state index contributed by atoms with van der Waals surface area (Å²) in [7, 11) is -2.77. The van der Waals surface area contributed by atoms with Gasteiger partial charge in [-0.1, -0.05) is 26.0 Å². The number of carbonyl (C=O) groups excluding carboxylic acids is 2. The molecule has 1 aliphatic rings. The van der Waals surface area contributed by atoms with Gasteiger partial charge in [0.25, 0.3) is 10.0 Å². The molecular formula is C21H26N2O5S2. The van der Waals surface area contributed by atoms with Gasteiger partial charge < -0.3 is 9.64 Å². The van der Waals surface area contributed by atoms with Crippen molar-refractivity contribution in [3.05, 3.63) is 45.8 Å². The molecule has 7 nitrogen and oxygen atoms in total. The lowest BCUT2D eigenvalue weighted by Gasteiger charge is -2.29. The number of nitrogens with zero attached hydrogens (tertiary/aromatic N) is 1. The van der Waals surface area contributed by atoms with Gasteiger partial charge in [-0.15, -0.1) is 11.3 Å². The van der Waals surface area contributed by atoms with Crippen molar-refractivity contribution in [3.8, 4) is 0 Å². The fourth-order valence-corrected chi connectivity index (χ4v) is 6.41. The van der Waals surface area contributed by atoms with Crippen molar-refractivity contribution >= 4 is 38.9 Å². The molecule has 1 unspecified atom stereocenters. The second-order valence-corrected chi connectivity index (χ2v) is 10.4. The third-order valence-corrected chi connectivity index (χ3v) is 8.39. The van der Waals surface area contributed by atoms with E-state index in [1.807, 2.05) is 26.8 Å². The van der Waals surface area contributed by atoms with Gasteiger partial charge in [-0.3, -0.25) is 9.52 Å². The van der Waals surface area contributed by atoms with Gasteiger partial charge in [-0.2, -0.15) is 0 Å². The van der Waals surface area contributed by atoms with Crippen molar-refractivity contribution in [2.24, 2.45) is 5.92 Å². The molecule has 0 spiro atoms. The highest BCUT2D eigenvalue weighted by atomic mass is 32.2. The average Bonchev–Trinajstić information content (AvgIpc) is 3.11. The third-order valence-electron chi connectivity index (χ3n) is 5.27. The number of carbonyl (C=O) groups is 2. The molecule has 3 rings (SSSR count). The Hall–Kier alpha value is -2.39. The van der Waals surface area contributed by atoms with E-state index < -0.39 is 16.0 Å². The average molecular weight is 451 g/mol. The SMILES string of the molecule is CCC(C)C(=O)N1CCc2c(sc(S(=O)(=O)Nc3cccc(C)c3)c2C(=O)OC)C1. The minimum atomic E-state index is -4.00. The molecule has 1 aliphatic heterocycles. The van der Waals surface area contributed by atoms with Gasteiger partial charge in [0, 0.05) is 23.0 Å². The number of esters is 1. The van der Waals surface area contributed by atoms with Crippen LogP contribution in [0.3, 0.4) is 0 Å². The number of benzene rings is 1. The lowest BCUT2D eigenvalue weighted by atomic mass is 10.0. The number of sulfonamides is 1. The zero-order chi connectivity index (χ0) is 22.1. The lowest BCUT2D eigenvalue weighted by Crippen LogP contribution is -2.38. The Morgan fingerprint density at radius 2 is 2.07 bits per heavy atom. The fourth-order valence-electron chi connectivity index (χ4n) is 3.46. The van der Waals surface area contributed by atoms with Gasteiger partial charge in [-0.25, -0.2) is 13.2 Å². The number of aryl methyl sites for hydroxylation is 1. The first-order chi connectivity index (χ1) is 14.2. The van der Waals surface area contributed by atoms with Crippen LogP contribution in [0, 0.1) is 12.8 Å². The van der Waals surface area contributed by atoms with Crippen LogP contribution < -0.4 is 4.72 Å². The van der Waals surface area contributed by atoms with Crippen molar-refractivity contribution in [2.75, 3.05) is 18.4 Å². The van der Waals surface area contributed by atoms with E-state index in [1.54, 1.807) is 23.1 Å². The normalized spacial score (nSPS) is 14.7. The molecule has 0 radical (unpaired) electrons. The minimum Gasteiger partial charge on any atom is -0.465 e. The van der Waals surface area contributed by atoms with Crippen LogP contribution in [0.4, 0.5) is 5.69 Å². The molecule has 9 heteroatoms. The first-order valence-corrected chi connectivity index (χ1v) is 12.1. The summed E-state index contributed by atoms with van der Waals surface area (Å²) in [6, 6.07) is 6.99. The van der Waals surface area contributed by atoms with Gasteiger partial charge in [0.05, 0.1) is 19.2 Å². The number of anilines is 1. The highest BCUT2D eigenvalue weighted by molar-refractivity contribution is 7.94. The Labute approximate surface area is 181 Å². The van der Waals surface area contributed by atoms with E-state index in [0.717, 1.165) is 23.3 Å². The molecule has 0 aliphatic carbocycles. The molecule has 1 aromatic heterocycles. The van der Waals surface area contributed by atoms with Crippen molar-refractivity contribution in [2.45, 2.75) is 44.4 Å². The first kappa shape index (κ1) is 22.3. The highest BCUT2D eigenvalue weighted by Gasteiger charge is 2.35. The second-order valence-electron chi connectivity index (χ2n) is 7.45. The summed E-state index contributed by atoms with van der Waals surface area (Å²) in [4.78, 5) is 27.5. The Bertz CT molecular complexity index is 1080. The van der Waals surface area contributed by atoms with Gasteiger partial charge in [0.1, 0.15) is 0 Å². The van der Waals surface area contributed by atoms with Crippen LogP contribution in [0.2, 0.25) is 0 Å². The molecule has 1 aromatic carbocycles. The highest BCUT2D eigenvalue weighted by Crippen LogP contribution is 2.37. The lowest BCUT2D eigenvalue weighted by molar-refractivity contribution is -0.135. The van der Waals surface area contributed by atoms with Crippen LogP contribution in [0.1, 0.15) is 46.6 Å². The summed E-state index contributed by atoms with van der Waals surface area (Å²) in [5.41, 5.74) is 2.07. The number of ether oxygens (including phenoxy) is 1. The summed E-state index contributed by atoms with van der Waals surface area (Å²) < 4.78 is 33.7. The maximum Gasteiger partial charge on any atom is 0.340 e. The molecule has 1 amide bonds. The van der Waals surface area contributed by atoms with Crippen LogP contribution in [-0.2, 0) is 32.5 Å². The minimum absolute atomic E-state index is 0.0402. The van der Waals surface area contributed by atoms with Crippen LogP contribution in [0.5, 0.6) is 0 Å². The van der Waals surface area contributed by atoms with Crippen molar-refractivity contribution in [1.82, 2.24) is 4.90 Å². The van der Waals surface area contributed by atoms with Gasteiger partial charge >= 0.3 is 5.97 Å². The van der Waals surface area contributed by atoms with Crippen molar-refractivity contribution < 1.29 is 22.7 Å². The number of rotatable bonds is 6. The van der Waals surface area contributed by atoms with E-state index >= 15 is 0 Å². The topological polar surface area (TPSA) is 92.8 Å². The van der Waals surface area contributed by atoms with Gasteiger partial charge in [-0.05, 0) is 43.0 Å². The number of methoxy groups -OCH3 is 1.